The molecule has 0 aliphatic heterocycles. The third-order valence-electron chi connectivity index (χ3n) is 3.24. The second-order valence-electron chi connectivity index (χ2n) is 4.89. The lowest BCUT2D eigenvalue weighted by molar-refractivity contribution is 0.0943. The van der Waals surface area contributed by atoms with Gasteiger partial charge in [0, 0.05) is 21.4 Å². The molecule has 3 aromatic rings. The van der Waals surface area contributed by atoms with Crippen molar-refractivity contribution < 1.29 is 9.59 Å². The van der Waals surface area contributed by atoms with Gasteiger partial charge in [-0.1, -0.05) is 23.7 Å². The van der Waals surface area contributed by atoms with Crippen LogP contribution in [-0.4, -0.2) is 21.6 Å². The average molecular weight is 405 g/mol. The maximum Gasteiger partial charge on any atom is 0.279 e. The largest absolute Gasteiger partial charge is 0.321 e. The van der Waals surface area contributed by atoms with Crippen molar-refractivity contribution in [1.29, 1.82) is 0 Å². The lowest BCUT2D eigenvalue weighted by atomic mass is 10.2. The van der Waals surface area contributed by atoms with Crippen LogP contribution in [0.4, 0.5) is 5.69 Å². The van der Waals surface area contributed by atoms with E-state index in [1.165, 1.54) is 12.3 Å². The molecule has 0 saturated carbocycles. The molecule has 0 aliphatic rings. The first kappa shape index (κ1) is 16.4. The standard InChI is InChI=1S/C17H11BrClN3O2/c18-14-4-2-1-3-13(14)17(24)22-10-9-15(21-22)16(23)20-12-7-5-11(19)6-8-12/h1-10H,(H,20,23). The van der Waals surface area contributed by atoms with Gasteiger partial charge in [0.1, 0.15) is 0 Å². The molecule has 0 unspecified atom stereocenters. The van der Waals surface area contributed by atoms with Gasteiger partial charge in [-0.25, -0.2) is 4.68 Å². The SMILES string of the molecule is O=C(Nc1ccc(Cl)cc1)c1ccn(C(=O)c2ccccc2Br)n1. The summed E-state index contributed by atoms with van der Waals surface area (Å²) < 4.78 is 1.80. The van der Waals surface area contributed by atoms with Crippen LogP contribution in [0.1, 0.15) is 20.8 Å². The number of nitrogens with zero attached hydrogens (tertiary/aromatic N) is 2. The van der Waals surface area contributed by atoms with Crippen LogP contribution in [0.5, 0.6) is 0 Å². The van der Waals surface area contributed by atoms with Gasteiger partial charge in [0.2, 0.25) is 0 Å². The Bertz CT molecular complexity index is 906. The lowest BCUT2D eigenvalue weighted by Crippen LogP contribution is -2.17. The summed E-state index contributed by atoms with van der Waals surface area (Å²) in [4.78, 5) is 24.6. The molecule has 24 heavy (non-hydrogen) atoms. The Morgan fingerprint density at radius 1 is 1.04 bits per heavy atom. The van der Waals surface area contributed by atoms with Crippen LogP contribution in [0.15, 0.2) is 65.3 Å². The van der Waals surface area contributed by atoms with Crippen LogP contribution in [-0.2, 0) is 0 Å². The van der Waals surface area contributed by atoms with Crippen LogP contribution in [0.25, 0.3) is 0 Å². The van der Waals surface area contributed by atoms with Gasteiger partial charge >= 0.3 is 0 Å². The number of carbonyl (C=O) groups is 2. The van der Waals surface area contributed by atoms with Gasteiger partial charge in [-0.05, 0) is 58.4 Å². The van der Waals surface area contributed by atoms with Crippen molar-refractivity contribution in [2.75, 3.05) is 5.32 Å². The number of anilines is 1. The number of aromatic nitrogens is 2. The second kappa shape index (κ2) is 6.98. The van der Waals surface area contributed by atoms with Gasteiger partial charge in [-0.3, -0.25) is 9.59 Å². The quantitative estimate of drug-likeness (QED) is 0.710. The van der Waals surface area contributed by atoms with E-state index in [0.29, 0.717) is 20.7 Å². The number of benzene rings is 2. The second-order valence-corrected chi connectivity index (χ2v) is 6.18. The first-order valence-corrected chi connectivity index (χ1v) is 8.13. The number of carbonyl (C=O) groups excluding carboxylic acids is 2. The Kier molecular flexibility index (Phi) is 4.78. The maximum atomic E-state index is 12.4. The predicted octanol–water partition coefficient (Wildman–Crippen LogP) is 4.24. The highest BCUT2D eigenvalue weighted by molar-refractivity contribution is 9.10. The summed E-state index contributed by atoms with van der Waals surface area (Å²) in [6.45, 7) is 0. The minimum absolute atomic E-state index is 0.144. The molecule has 0 fully saturated rings. The third-order valence-corrected chi connectivity index (χ3v) is 4.18. The summed E-state index contributed by atoms with van der Waals surface area (Å²) in [6.07, 6.45) is 1.46. The zero-order chi connectivity index (χ0) is 17.1. The molecule has 5 nitrogen and oxygen atoms in total. The summed E-state index contributed by atoms with van der Waals surface area (Å²) in [5.41, 5.74) is 1.20. The molecule has 1 amide bonds. The van der Waals surface area contributed by atoms with E-state index in [2.05, 4.69) is 26.3 Å². The Balaban J connectivity index is 1.77. The molecule has 2 aromatic carbocycles. The smallest absolute Gasteiger partial charge is 0.279 e. The molecule has 120 valence electrons. The molecular weight excluding hydrogens is 394 g/mol. The fraction of sp³-hybridized carbons (Fsp3) is 0. The molecular formula is C17H11BrClN3O2. The molecule has 0 aliphatic carbocycles. The Hall–Kier alpha value is -2.44. The third kappa shape index (κ3) is 3.55. The van der Waals surface area contributed by atoms with Gasteiger partial charge in [0.05, 0.1) is 5.56 Å². The van der Waals surface area contributed by atoms with Crippen molar-refractivity contribution in [3.8, 4) is 0 Å². The summed E-state index contributed by atoms with van der Waals surface area (Å²) in [6, 6.07) is 15.2. The summed E-state index contributed by atoms with van der Waals surface area (Å²) in [5.74, 6) is -0.732. The zero-order valence-electron chi connectivity index (χ0n) is 12.2. The monoisotopic (exact) mass is 403 g/mol. The molecule has 0 radical (unpaired) electrons. The highest BCUT2D eigenvalue weighted by Crippen LogP contribution is 2.17. The highest BCUT2D eigenvalue weighted by Gasteiger charge is 2.16. The molecule has 1 N–H and O–H groups in total. The zero-order valence-corrected chi connectivity index (χ0v) is 14.6. The number of rotatable bonds is 3. The van der Waals surface area contributed by atoms with Gasteiger partial charge in [0.15, 0.2) is 5.69 Å². The van der Waals surface area contributed by atoms with E-state index >= 15 is 0 Å². The van der Waals surface area contributed by atoms with Crippen molar-refractivity contribution >= 4 is 45.0 Å². The Morgan fingerprint density at radius 2 is 1.75 bits per heavy atom. The van der Waals surface area contributed by atoms with E-state index in [1.54, 1.807) is 42.5 Å². The van der Waals surface area contributed by atoms with E-state index in [-0.39, 0.29) is 11.6 Å². The van der Waals surface area contributed by atoms with Crippen LogP contribution in [0.3, 0.4) is 0 Å². The Morgan fingerprint density at radius 3 is 2.46 bits per heavy atom. The average Bonchev–Trinajstić information content (AvgIpc) is 3.07. The Labute approximate surface area is 151 Å². The van der Waals surface area contributed by atoms with E-state index < -0.39 is 5.91 Å². The predicted molar refractivity (Wildman–Crippen MR) is 95.5 cm³/mol. The topological polar surface area (TPSA) is 64.0 Å². The van der Waals surface area contributed by atoms with E-state index in [9.17, 15) is 9.59 Å². The lowest BCUT2D eigenvalue weighted by Gasteiger charge is -2.04. The number of hydrogen-bond acceptors (Lipinski definition) is 3. The van der Waals surface area contributed by atoms with Gasteiger partial charge < -0.3 is 5.32 Å². The van der Waals surface area contributed by atoms with E-state index in [0.717, 1.165) is 4.68 Å². The molecule has 0 atom stereocenters. The van der Waals surface area contributed by atoms with E-state index in [1.807, 2.05) is 6.07 Å². The first-order valence-electron chi connectivity index (χ1n) is 6.96. The maximum absolute atomic E-state index is 12.4. The van der Waals surface area contributed by atoms with Crippen molar-refractivity contribution in [3.05, 3.63) is 81.5 Å². The van der Waals surface area contributed by atoms with Crippen molar-refractivity contribution in [2.24, 2.45) is 0 Å². The first-order chi connectivity index (χ1) is 11.5. The summed E-state index contributed by atoms with van der Waals surface area (Å²) in [7, 11) is 0. The minimum Gasteiger partial charge on any atom is -0.321 e. The van der Waals surface area contributed by atoms with Crippen LogP contribution < -0.4 is 5.32 Å². The molecule has 7 heteroatoms. The van der Waals surface area contributed by atoms with Crippen molar-refractivity contribution in [2.45, 2.75) is 0 Å². The van der Waals surface area contributed by atoms with Crippen LogP contribution in [0.2, 0.25) is 5.02 Å². The van der Waals surface area contributed by atoms with Gasteiger partial charge in [-0.2, -0.15) is 5.10 Å². The molecule has 0 bridgehead atoms. The number of halogens is 2. The molecule has 3 rings (SSSR count). The van der Waals surface area contributed by atoms with Crippen LogP contribution >= 0.6 is 27.5 Å². The molecule has 1 aromatic heterocycles. The highest BCUT2D eigenvalue weighted by atomic mass is 79.9. The summed E-state index contributed by atoms with van der Waals surface area (Å²) in [5, 5.41) is 7.32. The minimum atomic E-state index is -0.406. The normalized spacial score (nSPS) is 10.4. The van der Waals surface area contributed by atoms with Crippen LogP contribution in [0, 0.1) is 0 Å². The molecule has 0 saturated heterocycles. The van der Waals surface area contributed by atoms with E-state index in [4.69, 9.17) is 11.6 Å². The van der Waals surface area contributed by atoms with Crippen molar-refractivity contribution in [1.82, 2.24) is 9.78 Å². The number of nitrogens with one attached hydrogen (secondary N) is 1. The molecule has 0 spiro atoms. The fourth-order valence-electron chi connectivity index (χ4n) is 2.04. The number of hydrogen-bond donors (Lipinski definition) is 1. The number of amides is 1. The summed E-state index contributed by atoms with van der Waals surface area (Å²) >= 11 is 9.13. The molecule has 1 heterocycles. The fourth-order valence-corrected chi connectivity index (χ4v) is 2.62. The van der Waals surface area contributed by atoms with Gasteiger partial charge in [0.25, 0.3) is 11.8 Å². The van der Waals surface area contributed by atoms with Gasteiger partial charge in [-0.15, -0.1) is 0 Å². The van der Waals surface area contributed by atoms with Crippen molar-refractivity contribution in [3.63, 3.8) is 0 Å².